The second kappa shape index (κ2) is 2.21. The molecule has 2 aliphatic heterocycles. The van der Waals surface area contributed by atoms with Gasteiger partial charge in [0, 0.05) is 13.1 Å². The summed E-state index contributed by atoms with van der Waals surface area (Å²) >= 11 is 0. The van der Waals surface area contributed by atoms with Gasteiger partial charge in [-0.05, 0) is 30.8 Å². The molecule has 0 unspecified atom stereocenters. The van der Waals surface area contributed by atoms with E-state index in [0.29, 0.717) is 5.41 Å². The molecule has 0 aromatic rings. The average molecular weight is 140 g/mol. The molecule has 0 atom stereocenters. The summed E-state index contributed by atoms with van der Waals surface area (Å²) in [6, 6.07) is 0. The summed E-state index contributed by atoms with van der Waals surface area (Å²) in [5.41, 5.74) is 0.557. The van der Waals surface area contributed by atoms with Gasteiger partial charge in [0.25, 0.3) is 0 Å². The van der Waals surface area contributed by atoms with Crippen molar-refractivity contribution in [3.8, 4) is 0 Å². The summed E-state index contributed by atoms with van der Waals surface area (Å²) in [6.07, 6.45) is 1.42. The number of hydrogen-bond acceptors (Lipinski definition) is 2. The topological polar surface area (TPSA) is 24.1 Å². The van der Waals surface area contributed by atoms with Crippen LogP contribution < -0.4 is 10.6 Å². The van der Waals surface area contributed by atoms with Crippen molar-refractivity contribution in [1.82, 2.24) is 10.6 Å². The van der Waals surface area contributed by atoms with Gasteiger partial charge in [0.05, 0.1) is 0 Å². The molecular weight excluding hydrogens is 124 g/mol. The van der Waals surface area contributed by atoms with E-state index in [1.807, 2.05) is 0 Å². The number of piperidine rings is 2. The van der Waals surface area contributed by atoms with Crippen molar-refractivity contribution in [3.05, 3.63) is 0 Å². The molecular formula is C8H16N2. The fraction of sp³-hybridized carbons (Fsp3) is 1.00. The normalized spacial score (nSPS) is 47.1. The van der Waals surface area contributed by atoms with Crippen LogP contribution in [0.3, 0.4) is 0 Å². The highest BCUT2D eigenvalue weighted by Crippen LogP contribution is 2.30. The molecule has 2 aliphatic rings. The van der Waals surface area contributed by atoms with Gasteiger partial charge in [-0.15, -0.1) is 0 Å². The maximum Gasteiger partial charge on any atom is 0.00176 e. The molecule has 58 valence electrons. The molecule has 2 heterocycles. The Morgan fingerprint density at radius 3 is 2.20 bits per heavy atom. The zero-order valence-electron chi connectivity index (χ0n) is 6.61. The molecule has 0 radical (unpaired) electrons. The highest BCUT2D eigenvalue weighted by Gasteiger charge is 2.34. The fourth-order valence-corrected chi connectivity index (χ4v) is 2.28. The summed E-state index contributed by atoms with van der Waals surface area (Å²) in [5.74, 6) is 0.896. The molecule has 2 nitrogen and oxygen atoms in total. The molecule has 2 rings (SSSR count). The van der Waals surface area contributed by atoms with Gasteiger partial charge in [-0.1, -0.05) is 6.92 Å². The number of rotatable bonds is 0. The van der Waals surface area contributed by atoms with Crippen LogP contribution >= 0.6 is 0 Å². The van der Waals surface area contributed by atoms with E-state index < -0.39 is 0 Å². The molecule has 0 spiro atoms. The fourth-order valence-electron chi connectivity index (χ4n) is 2.28. The first-order chi connectivity index (χ1) is 4.79. The van der Waals surface area contributed by atoms with Crippen molar-refractivity contribution in [2.45, 2.75) is 13.3 Å². The molecule has 10 heavy (non-hydrogen) atoms. The summed E-state index contributed by atoms with van der Waals surface area (Å²) in [7, 11) is 0. The summed E-state index contributed by atoms with van der Waals surface area (Å²) in [6.45, 7) is 7.23. The Balaban J connectivity index is 2.07. The van der Waals surface area contributed by atoms with Crippen LogP contribution in [0.2, 0.25) is 0 Å². The average Bonchev–Trinajstić information content (AvgIpc) is 1.86. The molecule has 2 saturated heterocycles. The molecule has 2 bridgehead atoms. The van der Waals surface area contributed by atoms with Crippen molar-refractivity contribution in [2.24, 2.45) is 11.3 Å². The second-order valence-electron chi connectivity index (χ2n) is 4.14. The zero-order valence-corrected chi connectivity index (χ0v) is 6.61. The van der Waals surface area contributed by atoms with Crippen molar-refractivity contribution in [2.75, 3.05) is 26.2 Å². The van der Waals surface area contributed by atoms with E-state index in [2.05, 4.69) is 17.6 Å². The van der Waals surface area contributed by atoms with Gasteiger partial charge in [0.1, 0.15) is 0 Å². The Kier molecular flexibility index (Phi) is 1.46. The first-order valence-electron chi connectivity index (χ1n) is 4.20. The van der Waals surface area contributed by atoms with Gasteiger partial charge in [-0.3, -0.25) is 0 Å². The molecule has 0 aliphatic carbocycles. The predicted molar refractivity (Wildman–Crippen MR) is 42.0 cm³/mol. The van der Waals surface area contributed by atoms with Crippen LogP contribution in [0, 0.1) is 11.3 Å². The van der Waals surface area contributed by atoms with E-state index in [4.69, 9.17) is 0 Å². The van der Waals surface area contributed by atoms with Gasteiger partial charge < -0.3 is 10.6 Å². The first kappa shape index (κ1) is 6.62. The third-order valence-electron chi connectivity index (χ3n) is 2.75. The lowest BCUT2D eigenvalue weighted by molar-refractivity contribution is 0.131. The van der Waals surface area contributed by atoms with Crippen LogP contribution in [-0.2, 0) is 0 Å². The largest absolute Gasteiger partial charge is 0.316 e. The van der Waals surface area contributed by atoms with Gasteiger partial charge in [-0.25, -0.2) is 0 Å². The maximum absolute atomic E-state index is 3.49. The minimum Gasteiger partial charge on any atom is -0.316 e. The minimum absolute atomic E-state index is 0.557. The van der Waals surface area contributed by atoms with Gasteiger partial charge in [0.15, 0.2) is 0 Å². The van der Waals surface area contributed by atoms with Crippen LogP contribution in [0.15, 0.2) is 0 Å². The number of hydrogen-bond donors (Lipinski definition) is 2. The van der Waals surface area contributed by atoms with Crippen molar-refractivity contribution < 1.29 is 0 Å². The first-order valence-corrected chi connectivity index (χ1v) is 4.20. The van der Waals surface area contributed by atoms with Crippen molar-refractivity contribution >= 4 is 0 Å². The van der Waals surface area contributed by atoms with Crippen LogP contribution in [0.4, 0.5) is 0 Å². The van der Waals surface area contributed by atoms with E-state index >= 15 is 0 Å². The van der Waals surface area contributed by atoms with Crippen molar-refractivity contribution in [1.29, 1.82) is 0 Å². The molecule has 0 amide bonds. The second-order valence-corrected chi connectivity index (χ2v) is 4.14. The van der Waals surface area contributed by atoms with E-state index in [1.54, 1.807) is 0 Å². The molecule has 2 fully saturated rings. The summed E-state index contributed by atoms with van der Waals surface area (Å²) in [4.78, 5) is 0. The molecule has 2 heteroatoms. The zero-order chi connectivity index (χ0) is 7.03. The van der Waals surface area contributed by atoms with E-state index in [1.165, 1.54) is 32.6 Å². The summed E-state index contributed by atoms with van der Waals surface area (Å²) in [5, 5.41) is 6.97. The molecule has 2 N–H and O–H groups in total. The Bertz CT molecular complexity index is 123. The van der Waals surface area contributed by atoms with Crippen LogP contribution in [-0.4, -0.2) is 26.2 Å². The quantitative estimate of drug-likeness (QED) is 0.502. The predicted octanol–water partition coefficient (Wildman–Crippen LogP) is 0.205. The van der Waals surface area contributed by atoms with E-state index in [0.717, 1.165) is 5.92 Å². The number of nitrogens with one attached hydrogen (secondary N) is 2. The minimum atomic E-state index is 0.557. The lowest BCUT2D eigenvalue weighted by atomic mass is 9.75. The van der Waals surface area contributed by atoms with Crippen molar-refractivity contribution in [3.63, 3.8) is 0 Å². The lowest BCUT2D eigenvalue weighted by Crippen LogP contribution is -2.55. The standard InChI is InChI=1S/C8H16N2/c1-8-2-7(3-9-5-8)4-10-6-8/h7,9-10H,2-6H2,1H3. The van der Waals surface area contributed by atoms with Crippen LogP contribution in [0.5, 0.6) is 0 Å². The van der Waals surface area contributed by atoms with E-state index in [9.17, 15) is 0 Å². The molecule has 0 aromatic heterocycles. The Labute approximate surface area is 62.4 Å². The van der Waals surface area contributed by atoms with E-state index in [-0.39, 0.29) is 0 Å². The Hall–Kier alpha value is -0.0800. The third kappa shape index (κ3) is 1.06. The van der Waals surface area contributed by atoms with Gasteiger partial charge >= 0.3 is 0 Å². The highest BCUT2D eigenvalue weighted by atomic mass is 15.0. The highest BCUT2D eigenvalue weighted by molar-refractivity contribution is 4.91. The maximum atomic E-state index is 3.49. The lowest BCUT2D eigenvalue weighted by Gasteiger charge is -2.43. The molecule has 0 aromatic carbocycles. The van der Waals surface area contributed by atoms with Crippen LogP contribution in [0.1, 0.15) is 13.3 Å². The smallest absolute Gasteiger partial charge is 0.00176 e. The Morgan fingerprint density at radius 1 is 1.20 bits per heavy atom. The Morgan fingerprint density at radius 2 is 1.80 bits per heavy atom. The monoisotopic (exact) mass is 140 g/mol. The van der Waals surface area contributed by atoms with Gasteiger partial charge in [-0.2, -0.15) is 0 Å². The third-order valence-corrected chi connectivity index (χ3v) is 2.75. The molecule has 0 saturated carbocycles. The summed E-state index contributed by atoms with van der Waals surface area (Å²) < 4.78 is 0. The van der Waals surface area contributed by atoms with Gasteiger partial charge in [0.2, 0.25) is 0 Å². The number of fused-ring (bicyclic) bond motifs is 2. The SMILES string of the molecule is CC12CNCC(CNC1)C2. The van der Waals surface area contributed by atoms with Crippen LogP contribution in [0.25, 0.3) is 0 Å².